The Morgan fingerprint density at radius 3 is 1.61 bits per heavy atom. The average Bonchev–Trinajstić information content (AvgIpc) is 3.82. The van der Waals surface area contributed by atoms with Crippen LogP contribution in [0.3, 0.4) is 0 Å². The molecule has 3 heteroatoms. The standard InChI is InChI=1S/C61H45N3/c1-61(2)55-27-15-14-25-52(55)53-26-16-28-58(60(53)61)63(50-37-35-48(36-38-50)62(45-18-6-3-7-19-45)46-20-8-4-9-21-46)49-33-29-42(30-34-49)44-32-39-56-54(41-44)59-51-24-13-12-17-43(51)31-40-57(59)64(56)47-22-10-5-11-23-47/h3-41H,1-2H3. The number of fused-ring (bicyclic) bond motifs is 8. The van der Waals surface area contributed by atoms with Crippen LogP contribution in [0.25, 0.3) is 60.5 Å². The summed E-state index contributed by atoms with van der Waals surface area (Å²) in [5.41, 5.74) is 17.8. The molecule has 0 fully saturated rings. The molecule has 10 aromatic carbocycles. The Hall–Kier alpha value is -8.14. The Morgan fingerprint density at radius 2 is 0.906 bits per heavy atom. The Morgan fingerprint density at radius 1 is 0.375 bits per heavy atom. The summed E-state index contributed by atoms with van der Waals surface area (Å²) in [5, 5.41) is 5.05. The lowest BCUT2D eigenvalue weighted by atomic mass is 9.81. The van der Waals surface area contributed by atoms with Gasteiger partial charge in [-0.15, -0.1) is 0 Å². The molecule has 0 spiro atoms. The van der Waals surface area contributed by atoms with E-state index in [9.17, 15) is 0 Å². The van der Waals surface area contributed by atoms with Crippen molar-refractivity contribution in [3.05, 3.63) is 248 Å². The van der Waals surface area contributed by atoms with E-state index in [0.29, 0.717) is 0 Å². The Balaban J connectivity index is 0.999. The molecule has 0 bridgehead atoms. The van der Waals surface area contributed by atoms with Gasteiger partial charge in [0, 0.05) is 50.3 Å². The van der Waals surface area contributed by atoms with Gasteiger partial charge in [0.05, 0.1) is 16.7 Å². The van der Waals surface area contributed by atoms with E-state index in [1.165, 1.54) is 71.6 Å². The van der Waals surface area contributed by atoms with E-state index in [4.69, 9.17) is 0 Å². The molecule has 12 rings (SSSR count). The van der Waals surface area contributed by atoms with E-state index in [0.717, 1.165) is 34.1 Å². The molecule has 1 aromatic heterocycles. The quantitative estimate of drug-likeness (QED) is 0.151. The maximum atomic E-state index is 2.46. The van der Waals surface area contributed by atoms with E-state index in [2.05, 4.69) is 265 Å². The average molecular weight is 820 g/mol. The van der Waals surface area contributed by atoms with Gasteiger partial charge in [-0.05, 0) is 141 Å². The van der Waals surface area contributed by atoms with Crippen LogP contribution in [0, 0.1) is 0 Å². The summed E-state index contributed by atoms with van der Waals surface area (Å²) >= 11 is 0. The topological polar surface area (TPSA) is 11.4 Å². The van der Waals surface area contributed by atoms with Crippen LogP contribution in [0.1, 0.15) is 25.0 Å². The van der Waals surface area contributed by atoms with Gasteiger partial charge < -0.3 is 14.4 Å². The Bertz CT molecular complexity index is 3460. The molecule has 0 aliphatic heterocycles. The first kappa shape index (κ1) is 37.6. The summed E-state index contributed by atoms with van der Waals surface area (Å²) < 4.78 is 2.41. The van der Waals surface area contributed by atoms with Gasteiger partial charge in [-0.2, -0.15) is 0 Å². The monoisotopic (exact) mass is 819 g/mol. The lowest BCUT2D eigenvalue weighted by Gasteiger charge is -2.33. The molecule has 0 saturated heterocycles. The molecule has 0 N–H and O–H groups in total. The zero-order valence-electron chi connectivity index (χ0n) is 35.9. The highest BCUT2D eigenvalue weighted by molar-refractivity contribution is 6.22. The molecule has 1 aliphatic rings. The molecule has 11 aromatic rings. The molecule has 0 radical (unpaired) electrons. The number of anilines is 6. The van der Waals surface area contributed by atoms with Crippen LogP contribution in [0.5, 0.6) is 0 Å². The van der Waals surface area contributed by atoms with Crippen LogP contribution in [0.2, 0.25) is 0 Å². The minimum atomic E-state index is -0.198. The summed E-state index contributed by atoms with van der Waals surface area (Å²) in [5.74, 6) is 0. The fourth-order valence-corrected chi connectivity index (χ4v) is 10.4. The summed E-state index contributed by atoms with van der Waals surface area (Å²) in [4.78, 5) is 4.78. The maximum absolute atomic E-state index is 2.46. The molecule has 1 heterocycles. The second-order valence-electron chi connectivity index (χ2n) is 17.4. The molecular weight excluding hydrogens is 775 g/mol. The van der Waals surface area contributed by atoms with Crippen molar-refractivity contribution in [1.29, 1.82) is 0 Å². The molecule has 0 saturated carbocycles. The van der Waals surface area contributed by atoms with Crippen LogP contribution in [-0.2, 0) is 5.41 Å². The molecule has 0 atom stereocenters. The van der Waals surface area contributed by atoms with Crippen molar-refractivity contribution in [3.63, 3.8) is 0 Å². The van der Waals surface area contributed by atoms with Crippen LogP contribution in [-0.4, -0.2) is 4.57 Å². The minimum Gasteiger partial charge on any atom is -0.311 e. The predicted octanol–water partition coefficient (Wildman–Crippen LogP) is 16.8. The molecule has 64 heavy (non-hydrogen) atoms. The fraction of sp³-hybridized carbons (Fsp3) is 0.0492. The largest absolute Gasteiger partial charge is 0.311 e. The molecule has 3 nitrogen and oxygen atoms in total. The third-order valence-electron chi connectivity index (χ3n) is 13.3. The first-order valence-electron chi connectivity index (χ1n) is 22.2. The normalized spacial score (nSPS) is 12.7. The third-order valence-corrected chi connectivity index (χ3v) is 13.3. The first-order chi connectivity index (χ1) is 31.5. The SMILES string of the molecule is CC1(C)c2ccccc2-c2cccc(N(c3ccc(-c4ccc5c(c4)c4c6ccccc6ccc4n5-c4ccccc4)cc3)c3ccc(N(c4ccccc4)c4ccccc4)cc3)c21. The van der Waals surface area contributed by atoms with Crippen molar-refractivity contribution in [3.8, 4) is 27.9 Å². The van der Waals surface area contributed by atoms with Gasteiger partial charge >= 0.3 is 0 Å². The molecule has 0 amide bonds. The Labute approximate surface area is 374 Å². The first-order valence-corrected chi connectivity index (χ1v) is 22.2. The molecule has 0 unspecified atom stereocenters. The molecule has 1 aliphatic carbocycles. The smallest absolute Gasteiger partial charge is 0.0547 e. The second kappa shape index (κ2) is 15.0. The highest BCUT2D eigenvalue weighted by Crippen LogP contribution is 2.54. The van der Waals surface area contributed by atoms with E-state index >= 15 is 0 Å². The number of hydrogen-bond donors (Lipinski definition) is 0. The van der Waals surface area contributed by atoms with Crippen molar-refractivity contribution >= 4 is 66.7 Å². The number of hydrogen-bond acceptors (Lipinski definition) is 2. The zero-order chi connectivity index (χ0) is 42.8. The number of aromatic nitrogens is 1. The van der Waals surface area contributed by atoms with Crippen molar-refractivity contribution in [2.45, 2.75) is 19.3 Å². The van der Waals surface area contributed by atoms with Crippen LogP contribution >= 0.6 is 0 Å². The lowest BCUT2D eigenvalue weighted by Crippen LogP contribution is -2.20. The molecule has 304 valence electrons. The van der Waals surface area contributed by atoms with Crippen molar-refractivity contribution in [1.82, 2.24) is 4.57 Å². The van der Waals surface area contributed by atoms with E-state index in [1.807, 2.05) is 0 Å². The number of benzene rings is 10. The highest BCUT2D eigenvalue weighted by atomic mass is 15.2. The summed E-state index contributed by atoms with van der Waals surface area (Å²) in [6.45, 7) is 4.74. The van der Waals surface area contributed by atoms with Gasteiger partial charge in [0.15, 0.2) is 0 Å². The van der Waals surface area contributed by atoms with Gasteiger partial charge in [0.25, 0.3) is 0 Å². The summed E-state index contributed by atoms with van der Waals surface area (Å²) in [7, 11) is 0. The zero-order valence-corrected chi connectivity index (χ0v) is 35.9. The predicted molar refractivity (Wildman–Crippen MR) is 271 cm³/mol. The number of rotatable bonds is 8. The van der Waals surface area contributed by atoms with Gasteiger partial charge in [0.1, 0.15) is 0 Å². The van der Waals surface area contributed by atoms with Crippen molar-refractivity contribution < 1.29 is 0 Å². The van der Waals surface area contributed by atoms with Crippen LogP contribution < -0.4 is 9.80 Å². The number of para-hydroxylation sites is 3. The fourth-order valence-electron chi connectivity index (χ4n) is 10.4. The summed E-state index contributed by atoms with van der Waals surface area (Å²) in [6.07, 6.45) is 0. The van der Waals surface area contributed by atoms with Gasteiger partial charge in [0.2, 0.25) is 0 Å². The van der Waals surface area contributed by atoms with Gasteiger partial charge in [-0.1, -0.05) is 153 Å². The van der Waals surface area contributed by atoms with E-state index in [1.54, 1.807) is 0 Å². The van der Waals surface area contributed by atoms with E-state index < -0.39 is 0 Å². The molecular formula is C61H45N3. The second-order valence-corrected chi connectivity index (χ2v) is 17.4. The Kier molecular flexibility index (Phi) is 8.84. The lowest BCUT2D eigenvalue weighted by molar-refractivity contribution is 0.661. The van der Waals surface area contributed by atoms with Gasteiger partial charge in [-0.3, -0.25) is 0 Å². The summed E-state index contributed by atoms with van der Waals surface area (Å²) in [6, 6.07) is 86.2. The van der Waals surface area contributed by atoms with Crippen LogP contribution in [0.15, 0.2) is 237 Å². The van der Waals surface area contributed by atoms with E-state index in [-0.39, 0.29) is 5.41 Å². The van der Waals surface area contributed by atoms with Crippen LogP contribution in [0.4, 0.5) is 34.1 Å². The highest BCUT2D eigenvalue weighted by Gasteiger charge is 2.38. The van der Waals surface area contributed by atoms with Crippen molar-refractivity contribution in [2.24, 2.45) is 0 Å². The maximum Gasteiger partial charge on any atom is 0.0547 e. The number of nitrogens with zero attached hydrogens (tertiary/aromatic N) is 3. The van der Waals surface area contributed by atoms with Crippen molar-refractivity contribution in [2.75, 3.05) is 9.80 Å². The minimum absolute atomic E-state index is 0.198. The third kappa shape index (κ3) is 6.04. The van der Waals surface area contributed by atoms with Gasteiger partial charge in [-0.25, -0.2) is 0 Å².